The standard InChI is InChI=1S/C16H13FN2O2/c17-11-7-5-10(6-8-11)14(9-18)19-15(20)12-3-1-2-4-13(12)16(19)21/h1-8,14H,9,18H2. The molecule has 3 rings (SSSR count). The molecule has 0 radical (unpaired) electrons. The predicted octanol–water partition coefficient (Wildman–Crippen LogP) is 2.12. The van der Waals surface area contributed by atoms with Crippen LogP contribution in [0.4, 0.5) is 4.39 Å². The van der Waals surface area contributed by atoms with Crippen LogP contribution in [-0.2, 0) is 0 Å². The highest BCUT2D eigenvalue weighted by Gasteiger charge is 2.39. The van der Waals surface area contributed by atoms with Crippen LogP contribution in [0.15, 0.2) is 48.5 Å². The smallest absolute Gasteiger partial charge is 0.262 e. The van der Waals surface area contributed by atoms with E-state index in [1.165, 1.54) is 24.3 Å². The minimum absolute atomic E-state index is 0.0805. The van der Waals surface area contributed by atoms with Gasteiger partial charge in [-0.25, -0.2) is 4.39 Å². The number of nitrogens with zero attached hydrogens (tertiary/aromatic N) is 1. The number of amides is 2. The maximum Gasteiger partial charge on any atom is 0.262 e. The van der Waals surface area contributed by atoms with Gasteiger partial charge in [-0.15, -0.1) is 0 Å². The molecule has 0 fully saturated rings. The Morgan fingerprint density at radius 3 is 1.95 bits per heavy atom. The van der Waals surface area contributed by atoms with Crippen molar-refractivity contribution < 1.29 is 14.0 Å². The fourth-order valence-corrected chi connectivity index (χ4v) is 2.57. The average molecular weight is 284 g/mol. The third kappa shape index (κ3) is 2.11. The summed E-state index contributed by atoms with van der Waals surface area (Å²) in [7, 11) is 0. The molecule has 1 aliphatic heterocycles. The zero-order chi connectivity index (χ0) is 15.0. The number of nitrogens with two attached hydrogens (primary N) is 1. The molecule has 1 heterocycles. The largest absolute Gasteiger partial charge is 0.328 e. The first kappa shape index (κ1) is 13.5. The van der Waals surface area contributed by atoms with E-state index in [1.807, 2.05) is 0 Å². The van der Waals surface area contributed by atoms with Crippen molar-refractivity contribution >= 4 is 11.8 Å². The molecule has 0 saturated carbocycles. The molecule has 2 amide bonds. The Kier molecular flexibility index (Phi) is 3.27. The molecule has 1 atom stereocenters. The summed E-state index contributed by atoms with van der Waals surface area (Å²) in [5.41, 5.74) is 7.13. The first-order valence-corrected chi connectivity index (χ1v) is 6.56. The van der Waals surface area contributed by atoms with Crippen LogP contribution in [-0.4, -0.2) is 23.3 Å². The van der Waals surface area contributed by atoms with Crippen molar-refractivity contribution in [1.82, 2.24) is 4.90 Å². The molecule has 0 saturated heterocycles. The summed E-state index contributed by atoms with van der Waals surface area (Å²) >= 11 is 0. The highest BCUT2D eigenvalue weighted by atomic mass is 19.1. The number of hydrogen-bond donors (Lipinski definition) is 1. The fraction of sp³-hybridized carbons (Fsp3) is 0.125. The Bertz CT molecular complexity index is 677. The van der Waals surface area contributed by atoms with Gasteiger partial charge in [-0.1, -0.05) is 24.3 Å². The minimum Gasteiger partial charge on any atom is -0.328 e. The molecule has 21 heavy (non-hydrogen) atoms. The van der Waals surface area contributed by atoms with Crippen LogP contribution in [0.5, 0.6) is 0 Å². The lowest BCUT2D eigenvalue weighted by Crippen LogP contribution is -2.38. The van der Waals surface area contributed by atoms with Gasteiger partial charge in [-0.3, -0.25) is 14.5 Å². The molecule has 0 aliphatic carbocycles. The summed E-state index contributed by atoms with van der Waals surface area (Å²) in [5.74, 6) is -1.11. The van der Waals surface area contributed by atoms with Crippen LogP contribution in [0.25, 0.3) is 0 Å². The normalized spacial score (nSPS) is 15.2. The van der Waals surface area contributed by atoms with Crippen molar-refractivity contribution in [3.63, 3.8) is 0 Å². The van der Waals surface area contributed by atoms with E-state index in [-0.39, 0.29) is 24.2 Å². The highest BCUT2D eigenvalue weighted by Crippen LogP contribution is 2.30. The van der Waals surface area contributed by atoms with Gasteiger partial charge in [0.1, 0.15) is 5.82 Å². The summed E-state index contributed by atoms with van der Waals surface area (Å²) in [6.45, 7) is 0.0805. The maximum atomic E-state index is 13.0. The van der Waals surface area contributed by atoms with Gasteiger partial charge in [0.25, 0.3) is 11.8 Å². The van der Waals surface area contributed by atoms with Gasteiger partial charge in [-0.05, 0) is 29.8 Å². The molecule has 1 unspecified atom stereocenters. The second-order valence-corrected chi connectivity index (χ2v) is 4.83. The van der Waals surface area contributed by atoms with Gasteiger partial charge in [-0.2, -0.15) is 0 Å². The summed E-state index contributed by atoms with van der Waals surface area (Å²) in [6, 6.07) is 11.7. The molecule has 2 aromatic rings. The van der Waals surface area contributed by atoms with Gasteiger partial charge in [0.15, 0.2) is 0 Å². The van der Waals surface area contributed by atoms with E-state index in [1.54, 1.807) is 24.3 Å². The van der Waals surface area contributed by atoms with Crippen LogP contribution < -0.4 is 5.73 Å². The van der Waals surface area contributed by atoms with Gasteiger partial charge in [0, 0.05) is 6.54 Å². The Hall–Kier alpha value is -2.53. The SMILES string of the molecule is NCC(c1ccc(F)cc1)N1C(=O)c2ccccc2C1=O. The molecular weight excluding hydrogens is 271 g/mol. The number of benzene rings is 2. The van der Waals surface area contributed by atoms with Crippen molar-refractivity contribution in [3.05, 3.63) is 71.0 Å². The average Bonchev–Trinajstić information content (AvgIpc) is 2.76. The Morgan fingerprint density at radius 1 is 0.952 bits per heavy atom. The number of fused-ring (bicyclic) bond motifs is 1. The van der Waals surface area contributed by atoms with E-state index in [4.69, 9.17) is 5.73 Å². The summed E-state index contributed by atoms with van der Waals surface area (Å²) in [4.78, 5) is 26.0. The molecule has 0 spiro atoms. The van der Waals surface area contributed by atoms with Crippen molar-refractivity contribution in [2.45, 2.75) is 6.04 Å². The van der Waals surface area contributed by atoms with Crippen molar-refractivity contribution in [2.75, 3.05) is 6.54 Å². The first-order chi connectivity index (χ1) is 10.1. The van der Waals surface area contributed by atoms with E-state index >= 15 is 0 Å². The van der Waals surface area contributed by atoms with Crippen LogP contribution >= 0.6 is 0 Å². The van der Waals surface area contributed by atoms with Crippen molar-refractivity contribution in [1.29, 1.82) is 0 Å². The Balaban J connectivity index is 2.01. The Labute approximate surface area is 121 Å². The molecule has 4 nitrogen and oxygen atoms in total. The lowest BCUT2D eigenvalue weighted by molar-refractivity contribution is 0.0587. The predicted molar refractivity (Wildman–Crippen MR) is 75.1 cm³/mol. The molecule has 2 aromatic carbocycles. The quantitative estimate of drug-likeness (QED) is 0.878. The van der Waals surface area contributed by atoms with Gasteiger partial charge >= 0.3 is 0 Å². The lowest BCUT2D eigenvalue weighted by atomic mass is 10.1. The molecular formula is C16H13FN2O2. The second kappa shape index (κ2) is 5.10. The highest BCUT2D eigenvalue weighted by molar-refractivity contribution is 6.21. The van der Waals surface area contributed by atoms with Gasteiger partial charge in [0.05, 0.1) is 17.2 Å². The zero-order valence-electron chi connectivity index (χ0n) is 11.1. The first-order valence-electron chi connectivity index (χ1n) is 6.56. The number of carbonyl (C=O) groups is 2. The number of hydrogen-bond acceptors (Lipinski definition) is 3. The number of halogens is 1. The fourth-order valence-electron chi connectivity index (χ4n) is 2.57. The van der Waals surface area contributed by atoms with Gasteiger partial charge < -0.3 is 5.73 Å². The second-order valence-electron chi connectivity index (χ2n) is 4.83. The third-order valence-corrected chi connectivity index (χ3v) is 3.62. The molecule has 0 bridgehead atoms. The van der Waals surface area contributed by atoms with Crippen molar-refractivity contribution in [2.24, 2.45) is 5.73 Å². The van der Waals surface area contributed by atoms with Crippen LogP contribution in [0.2, 0.25) is 0 Å². The third-order valence-electron chi connectivity index (χ3n) is 3.62. The zero-order valence-corrected chi connectivity index (χ0v) is 11.1. The number of carbonyl (C=O) groups excluding carboxylic acids is 2. The summed E-state index contributed by atoms with van der Waals surface area (Å²) < 4.78 is 13.0. The molecule has 1 aliphatic rings. The van der Waals surface area contributed by atoms with Gasteiger partial charge in [0.2, 0.25) is 0 Å². The summed E-state index contributed by atoms with van der Waals surface area (Å²) in [6.07, 6.45) is 0. The van der Waals surface area contributed by atoms with E-state index in [0.29, 0.717) is 16.7 Å². The van der Waals surface area contributed by atoms with E-state index in [9.17, 15) is 14.0 Å². The molecule has 0 aromatic heterocycles. The van der Waals surface area contributed by atoms with Crippen LogP contribution in [0.3, 0.4) is 0 Å². The van der Waals surface area contributed by atoms with Crippen LogP contribution in [0, 0.1) is 5.82 Å². The molecule has 2 N–H and O–H groups in total. The molecule has 106 valence electrons. The molecule has 5 heteroatoms. The summed E-state index contributed by atoms with van der Waals surface area (Å²) in [5, 5.41) is 0. The number of rotatable bonds is 3. The topological polar surface area (TPSA) is 63.4 Å². The monoisotopic (exact) mass is 284 g/mol. The van der Waals surface area contributed by atoms with Crippen LogP contribution in [0.1, 0.15) is 32.3 Å². The maximum absolute atomic E-state index is 13.0. The van der Waals surface area contributed by atoms with E-state index in [2.05, 4.69) is 0 Å². The minimum atomic E-state index is -0.599. The van der Waals surface area contributed by atoms with E-state index < -0.39 is 6.04 Å². The van der Waals surface area contributed by atoms with Crippen molar-refractivity contribution in [3.8, 4) is 0 Å². The van der Waals surface area contributed by atoms with E-state index in [0.717, 1.165) is 4.90 Å². The number of imide groups is 1. The lowest BCUT2D eigenvalue weighted by Gasteiger charge is -2.25. The Morgan fingerprint density at radius 2 is 1.48 bits per heavy atom.